The van der Waals surface area contributed by atoms with Crippen molar-refractivity contribution in [3.05, 3.63) is 10.5 Å². The number of rotatable bonds is 4. The zero-order valence-corrected chi connectivity index (χ0v) is 9.39. The molecule has 0 spiro atoms. The molecule has 2 nitrogen and oxygen atoms in total. The average Bonchev–Trinajstić information content (AvgIpc) is 2.47. The SMILES string of the molecule is CSC(C)CNc1nc(Cl)cs1. The van der Waals surface area contributed by atoms with Crippen molar-refractivity contribution in [1.82, 2.24) is 4.98 Å². The van der Waals surface area contributed by atoms with E-state index in [4.69, 9.17) is 11.6 Å². The maximum absolute atomic E-state index is 5.66. The van der Waals surface area contributed by atoms with E-state index in [1.807, 2.05) is 17.1 Å². The van der Waals surface area contributed by atoms with Crippen LogP contribution in [0.2, 0.25) is 5.15 Å². The van der Waals surface area contributed by atoms with Crippen molar-refractivity contribution in [3.8, 4) is 0 Å². The second-order valence-electron chi connectivity index (χ2n) is 2.40. The summed E-state index contributed by atoms with van der Waals surface area (Å²) >= 11 is 9.03. The number of thioether (sulfide) groups is 1. The van der Waals surface area contributed by atoms with E-state index >= 15 is 0 Å². The number of thiazole rings is 1. The fourth-order valence-electron chi connectivity index (χ4n) is 0.650. The molecule has 0 aromatic carbocycles. The molecule has 0 fully saturated rings. The zero-order chi connectivity index (χ0) is 8.97. The molecular formula is C7H11ClN2S2. The molecule has 0 radical (unpaired) electrons. The Labute approximate surface area is 85.7 Å². The Hall–Kier alpha value is 0.0700. The van der Waals surface area contributed by atoms with E-state index in [0.717, 1.165) is 11.7 Å². The van der Waals surface area contributed by atoms with Crippen LogP contribution in [0.1, 0.15) is 6.92 Å². The van der Waals surface area contributed by atoms with Gasteiger partial charge in [-0.25, -0.2) is 4.98 Å². The Morgan fingerprint density at radius 3 is 3.08 bits per heavy atom. The molecule has 0 amide bonds. The number of anilines is 1. The highest BCUT2D eigenvalue weighted by Crippen LogP contribution is 2.19. The van der Waals surface area contributed by atoms with Gasteiger partial charge in [0.25, 0.3) is 0 Å². The Morgan fingerprint density at radius 2 is 2.58 bits per heavy atom. The molecule has 0 saturated carbocycles. The Kier molecular flexibility index (Phi) is 4.18. The molecule has 1 aromatic heterocycles. The maximum Gasteiger partial charge on any atom is 0.184 e. The minimum Gasteiger partial charge on any atom is -0.360 e. The normalized spacial score (nSPS) is 12.9. The van der Waals surface area contributed by atoms with Gasteiger partial charge in [-0.3, -0.25) is 0 Å². The first-order valence-electron chi connectivity index (χ1n) is 3.60. The first kappa shape index (κ1) is 10.2. The first-order valence-corrected chi connectivity index (χ1v) is 6.14. The second-order valence-corrected chi connectivity index (χ2v) is 4.92. The molecule has 0 bridgehead atoms. The fraction of sp³-hybridized carbons (Fsp3) is 0.571. The van der Waals surface area contributed by atoms with Crippen molar-refractivity contribution in [1.29, 1.82) is 0 Å². The molecule has 1 aromatic rings. The lowest BCUT2D eigenvalue weighted by atomic mass is 10.5. The molecule has 1 heterocycles. The lowest BCUT2D eigenvalue weighted by molar-refractivity contribution is 1.000. The highest BCUT2D eigenvalue weighted by Gasteiger charge is 2.01. The van der Waals surface area contributed by atoms with Gasteiger partial charge in [-0.1, -0.05) is 18.5 Å². The van der Waals surface area contributed by atoms with Crippen LogP contribution in [-0.2, 0) is 0 Å². The first-order chi connectivity index (χ1) is 5.72. The van der Waals surface area contributed by atoms with Gasteiger partial charge in [-0.2, -0.15) is 11.8 Å². The molecule has 0 saturated heterocycles. The van der Waals surface area contributed by atoms with Gasteiger partial charge in [-0.05, 0) is 6.26 Å². The molecule has 68 valence electrons. The summed E-state index contributed by atoms with van der Waals surface area (Å²) in [5.74, 6) is 0. The van der Waals surface area contributed by atoms with Crippen LogP contribution in [-0.4, -0.2) is 23.0 Å². The molecule has 1 rings (SSSR count). The van der Waals surface area contributed by atoms with Crippen LogP contribution < -0.4 is 5.32 Å². The topological polar surface area (TPSA) is 24.9 Å². The molecule has 12 heavy (non-hydrogen) atoms. The Morgan fingerprint density at radius 1 is 1.83 bits per heavy atom. The number of hydrogen-bond acceptors (Lipinski definition) is 4. The van der Waals surface area contributed by atoms with E-state index in [0.29, 0.717) is 10.4 Å². The fourth-order valence-corrected chi connectivity index (χ4v) is 1.75. The van der Waals surface area contributed by atoms with Crippen LogP contribution in [0.15, 0.2) is 5.38 Å². The summed E-state index contributed by atoms with van der Waals surface area (Å²) in [4.78, 5) is 4.08. The van der Waals surface area contributed by atoms with Crippen LogP contribution in [0.25, 0.3) is 0 Å². The summed E-state index contributed by atoms with van der Waals surface area (Å²) < 4.78 is 0. The summed E-state index contributed by atoms with van der Waals surface area (Å²) in [6, 6.07) is 0. The maximum atomic E-state index is 5.66. The number of halogens is 1. The van der Waals surface area contributed by atoms with Crippen LogP contribution in [0.3, 0.4) is 0 Å². The van der Waals surface area contributed by atoms with Gasteiger partial charge in [0.05, 0.1) is 0 Å². The van der Waals surface area contributed by atoms with Gasteiger partial charge in [0, 0.05) is 17.2 Å². The highest BCUT2D eigenvalue weighted by atomic mass is 35.5. The van der Waals surface area contributed by atoms with Crippen molar-refractivity contribution in [2.45, 2.75) is 12.2 Å². The van der Waals surface area contributed by atoms with Crippen molar-refractivity contribution >= 4 is 39.8 Å². The van der Waals surface area contributed by atoms with E-state index < -0.39 is 0 Å². The number of hydrogen-bond donors (Lipinski definition) is 1. The summed E-state index contributed by atoms with van der Waals surface area (Å²) in [6.07, 6.45) is 2.10. The van der Waals surface area contributed by atoms with Crippen LogP contribution in [0.5, 0.6) is 0 Å². The van der Waals surface area contributed by atoms with Crippen LogP contribution in [0.4, 0.5) is 5.13 Å². The molecule has 0 aliphatic carbocycles. The largest absolute Gasteiger partial charge is 0.360 e. The van der Waals surface area contributed by atoms with E-state index in [2.05, 4.69) is 23.5 Å². The van der Waals surface area contributed by atoms with Gasteiger partial charge < -0.3 is 5.32 Å². The van der Waals surface area contributed by atoms with Crippen molar-refractivity contribution in [2.24, 2.45) is 0 Å². The predicted octanol–water partition coefficient (Wildman–Crippen LogP) is 2.96. The Bertz CT molecular complexity index is 239. The van der Waals surface area contributed by atoms with Crippen molar-refractivity contribution in [3.63, 3.8) is 0 Å². The van der Waals surface area contributed by atoms with Gasteiger partial charge in [0.2, 0.25) is 0 Å². The van der Waals surface area contributed by atoms with Gasteiger partial charge in [0.15, 0.2) is 5.13 Å². The summed E-state index contributed by atoms with van der Waals surface area (Å²) in [7, 11) is 0. The Balaban J connectivity index is 2.33. The molecule has 1 N–H and O–H groups in total. The molecule has 0 aliphatic heterocycles. The minimum absolute atomic E-state index is 0.569. The van der Waals surface area contributed by atoms with Crippen molar-refractivity contribution < 1.29 is 0 Å². The van der Waals surface area contributed by atoms with E-state index in [1.165, 1.54) is 11.3 Å². The third-order valence-electron chi connectivity index (χ3n) is 1.42. The van der Waals surface area contributed by atoms with Crippen molar-refractivity contribution in [2.75, 3.05) is 18.1 Å². The molecular weight excluding hydrogens is 212 g/mol. The van der Waals surface area contributed by atoms with Gasteiger partial charge in [0.1, 0.15) is 5.15 Å². The summed E-state index contributed by atoms with van der Waals surface area (Å²) in [6.45, 7) is 3.11. The third kappa shape index (κ3) is 3.21. The molecule has 0 aliphatic rings. The number of nitrogens with one attached hydrogen (secondary N) is 1. The standard InChI is InChI=1S/C7H11ClN2S2/c1-5(11-2)3-9-7-10-6(8)4-12-7/h4-5H,3H2,1-2H3,(H,9,10). The van der Waals surface area contributed by atoms with E-state index in [1.54, 1.807) is 0 Å². The lowest BCUT2D eigenvalue weighted by Gasteiger charge is -2.07. The van der Waals surface area contributed by atoms with Crippen LogP contribution >= 0.6 is 34.7 Å². The number of aromatic nitrogens is 1. The monoisotopic (exact) mass is 222 g/mol. The average molecular weight is 223 g/mol. The quantitative estimate of drug-likeness (QED) is 0.848. The molecule has 1 unspecified atom stereocenters. The predicted molar refractivity (Wildman–Crippen MR) is 58.6 cm³/mol. The summed E-state index contributed by atoms with van der Waals surface area (Å²) in [5, 5.41) is 7.12. The minimum atomic E-state index is 0.569. The molecule has 1 atom stereocenters. The third-order valence-corrected chi connectivity index (χ3v) is 3.51. The van der Waals surface area contributed by atoms with E-state index in [9.17, 15) is 0 Å². The smallest absolute Gasteiger partial charge is 0.184 e. The van der Waals surface area contributed by atoms with Crippen LogP contribution in [0, 0.1) is 0 Å². The highest BCUT2D eigenvalue weighted by molar-refractivity contribution is 7.99. The van der Waals surface area contributed by atoms with E-state index in [-0.39, 0.29) is 0 Å². The van der Waals surface area contributed by atoms with Gasteiger partial charge in [-0.15, -0.1) is 11.3 Å². The lowest BCUT2D eigenvalue weighted by Crippen LogP contribution is -2.12. The van der Waals surface area contributed by atoms with Gasteiger partial charge >= 0.3 is 0 Å². The zero-order valence-electron chi connectivity index (χ0n) is 7.00. The number of nitrogens with zero attached hydrogens (tertiary/aromatic N) is 1. The molecule has 5 heteroatoms. The second kappa shape index (κ2) is 4.94. The summed E-state index contributed by atoms with van der Waals surface area (Å²) in [5.41, 5.74) is 0.